The minimum absolute atomic E-state index is 0.103. The molecule has 0 unspecified atom stereocenters. The van der Waals surface area contributed by atoms with Crippen molar-refractivity contribution in [2.24, 2.45) is 0 Å². The van der Waals surface area contributed by atoms with Gasteiger partial charge in [0, 0.05) is 0 Å². The van der Waals surface area contributed by atoms with Crippen molar-refractivity contribution in [3.63, 3.8) is 0 Å². The molecule has 0 saturated heterocycles. The summed E-state index contributed by atoms with van der Waals surface area (Å²) in [6.07, 6.45) is -0.563. The lowest BCUT2D eigenvalue weighted by atomic mass is 10.1. The zero-order chi connectivity index (χ0) is 17.7. The molecule has 0 spiro atoms. The molecule has 0 fully saturated rings. The monoisotopic (exact) mass is 327 g/mol. The number of ether oxygens (including phenoxy) is 2. The fourth-order valence-corrected chi connectivity index (χ4v) is 2.48. The highest BCUT2D eigenvalue weighted by Gasteiger charge is 2.18. The Kier molecular flexibility index (Phi) is 5.85. The van der Waals surface area contributed by atoms with Gasteiger partial charge in [0.1, 0.15) is 11.5 Å². The first-order valence-electron chi connectivity index (χ1n) is 8.09. The third kappa shape index (κ3) is 4.51. The second-order valence-corrected chi connectivity index (χ2v) is 6.03. The molecule has 0 aromatic heterocycles. The molecule has 4 nitrogen and oxygen atoms in total. The van der Waals surface area contributed by atoms with Gasteiger partial charge in [0.05, 0.1) is 13.2 Å². The fraction of sp³-hybridized carbons (Fsp3) is 0.350. The van der Waals surface area contributed by atoms with Crippen molar-refractivity contribution < 1.29 is 14.3 Å². The second-order valence-electron chi connectivity index (χ2n) is 6.03. The van der Waals surface area contributed by atoms with Crippen LogP contribution >= 0.6 is 0 Å². The van der Waals surface area contributed by atoms with Crippen molar-refractivity contribution in [2.45, 2.75) is 39.8 Å². The van der Waals surface area contributed by atoms with Crippen molar-refractivity contribution >= 4 is 5.91 Å². The maximum Gasteiger partial charge on any atom is 0.261 e. The zero-order valence-corrected chi connectivity index (χ0v) is 14.9. The Morgan fingerprint density at radius 1 is 1.04 bits per heavy atom. The van der Waals surface area contributed by atoms with E-state index >= 15 is 0 Å². The van der Waals surface area contributed by atoms with E-state index in [1.54, 1.807) is 14.0 Å². The summed E-state index contributed by atoms with van der Waals surface area (Å²) in [7, 11) is 1.63. The summed E-state index contributed by atoms with van der Waals surface area (Å²) in [6.45, 7) is 7.72. The van der Waals surface area contributed by atoms with Gasteiger partial charge in [0.25, 0.3) is 5.91 Å². The molecule has 1 amide bonds. The van der Waals surface area contributed by atoms with Crippen LogP contribution in [0.2, 0.25) is 0 Å². The Bertz CT molecular complexity index is 695. The van der Waals surface area contributed by atoms with Crippen LogP contribution in [-0.2, 0) is 4.79 Å². The van der Waals surface area contributed by atoms with Gasteiger partial charge >= 0.3 is 0 Å². The molecule has 0 bridgehead atoms. The molecule has 4 heteroatoms. The molecule has 128 valence electrons. The third-order valence-corrected chi connectivity index (χ3v) is 3.98. The van der Waals surface area contributed by atoms with Crippen molar-refractivity contribution in [1.29, 1.82) is 0 Å². The average Bonchev–Trinajstić information content (AvgIpc) is 2.57. The summed E-state index contributed by atoms with van der Waals surface area (Å²) < 4.78 is 10.9. The maximum absolute atomic E-state index is 12.4. The molecule has 24 heavy (non-hydrogen) atoms. The molecular weight excluding hydrogens is 302 g/mol. The minimum atomic E-state index is -0.563. The normalized spacial score (nSPS) is 13.0. The van der Waals surface area contributed by atoms with Crippen LogP contribution < -0.4 is 14.8 Å². The maximum atomic E-state index is 12.4. The summed E-state index contributed by atoms with van der Waals surface area (Å²) in [5.41, 5.74) is 3.21. The van der Waals surface area contributed by atoms with E-state index in [4.69, 9.17) is 9.47 Å². The standard InChI is InChI=1S/C20H25NO3/c1-13-6-11-19(14(2)12-13)24-16(4)20(22)21-15(3)17-7-9-18(23-5)10-8-17/h6-12,15-16H,1-5H3,(H,21,22)/t15-,16-/m0/s1. The molecule has 0 heterocycles. The topological polar surface area (TPSA) is 47.6 Å². The number of aryl methyl sites for hydroxylation is 2. The molecule has 2 aromatic rings. The largest absolute Gasteiger partial charge is 0.497 e. The highest BCUT2D eigenvalue weighted by molar-refractivity contribution is 5.81. The highest BCUT2D eigenvalue weighted by Crippen LogP contribution is 2.21. The first-order chi connectivity index (χ1) is 11.4. The van der Waals surface area contributed by atoms with Crippen LogP contribution in [0.15, 0.2) is 42.5 Å². The van der Waals surface area contributed by atoms with Gasteiger partial charge in [-0.1, -0.05) is 29.8 Å². The third-order valence-electron chi connectivity index (χ3n) is 3.98. The Labute approximate surface area is 143 Å². The van der Waals surface area contributed by atoms with Crippen LogP contribution in [0.25, 0.3) is 0 Å². The van der Waals surface area contributed by atoms with E-state index in [-0.39, 0.29) is 11.9 Å². The number of hydrogen-bond donors (Lipinski definition) is 1. The zero-order valence-electron chi connectivity index (χ0n) is 14.9. The average molecular weight is 327 g/mol. The summed E-state index contributed by atoms with van der Waals surface area (Å²) in [5.74, 6) is 1.39. The van der Waals surface area contributed by atoms with Gasteiger partial charge in [-0.05, 0) is 57.0 Å². The lowest BCUT2D eigenvalue weighted by Gasteiger charge is -2.20. The van der Waals surface area contributed by atoms with E-state index < -0.39 is 6.10 Å². The molecule has 0 aliphatic heterocycles. The number of benzene rings is 2. The van der Waals surface area contributed by atoms with Crippen molar-refractivity contribution in [3.8, 4) is 11.5 Å². The van der Waals surface area contributed by atoms with Gasteiger partial charge in [-0.25, -0.2) is 0 Å². The van der Waals surface area contributed by atoms with E-state index in [0.717, 1.165) is 22.6 Å². The molecule has 2 atom stereocenters. The fourth-order valence-electron chi connectivity index (χ4n) is 2.48. The van der Waals surface area contributed by atoms with Crippen molar-refractivity contribution in [3.05, 3.63) is 59.2 Å². The number of nitrogens with one attached hydrogen (secondary N) is 1. The molecule has 0 aliphatic carbocycles. The summed E-state index contributed by atoms with van der Waals surface area (Å²) in [4.78, 5) is 12.4. The number of carbonyl (C=O) groups is 1. The summed E-state index contributed by atoms with van der Waals surface area (Å²) in [5, 5.41) is 2.98. The number of carbonyl (C=O) groups excluding carboxylic acids is 1. The Morgan fingerprint density at radius 3 is 2.29 bits per heavy atom. The van der Waals surface area contributed by atoms with Gasteiger partial charge in [-0.2, -0.15) is 0 Å². The molecule has 0 aliphatic rings. The van der Waals surface area contributed by atoms with Crippen molar-refractivity contribution in [2.75, 3.05) is 7.11 Å². The van der Waals surface area contributed by atoms with Crippen LogP contribution in [-0.4, -0.2) is 19.1 Å². The van der Waals surface area contributed by atoms with Crippen LogP contribution in [0, 0.1) is 13.8 Å². The lowest BCUT2D eigenvalue weighted by Crippen LogP contribution is -2.37. The molecule has 0 saturated carbocycles. The van der Waals surface area contributed by atoms with Crippen LogP contribution in [0.1, 0.15) is 36.6 Å². The van der Waals surface area contributed by atoms with Crippen molar-refractivity contribution in [1.82, 2.24) is 5.32 Å². The van der Waals surface area contributed by atoms with Gasteiger partial charge in [0.2, 0.25) is 0 Å². The van der Waals surface area contributed by atoms with E-state index in [1.807, 2.05) is 63.2 Å². The smallest absolute Gasteiger partial charge is 0.261 e. The van der Waals surface area contributed by atoms with E-state index in [1.165, 1.54) is 5.56 Å². The highest BCUT2D eigenvalue weighted by atomic mass is 16.5. The molecule has 0 radical (unpaired) electrons. The first kappa shape index (κ1) is 17.9. The Balaban J connectivity index is 1.97. The predicted molar refractivity (Wildman–Crippen MR) is 95.6 cm³/mol. The Morgan fingerprint density at radius 2 is 1.71 bits per heavy atom. The van der Waals surface area contributed by atoms with E-state index in [9.17, 15) is 4.79 Å². The predicted octanol–water partition coefficient (Wildman–Crippen LogP) is 3.96. The number of amides is 1. The molecule has 1 N–H and O–H groups in total. The SMILES string of the molecule is COc1ccc([C@H](C)NC(=O)[C@H](C)Oc2ccc(C)cc2C)cc1. The van der Waals surface area contributed by atoms with Crippen LogP contribution in [0.5, 0.6) is 11.5 Å². The van der Waals surface area contributed by atoms with Gasteiger partial charge in [-0.15, -0.1) is 0 Å². The van der Waals surface area contributed by atoms with E-state index in [0.29, 0.717) is 0 Å². The molecule has 2 rings (SSSR count). The number of methoxy groups -OCH3 is 1. The quantitative estimate of drug-likeness (QED) is 0.874. The van der Waals surface area contributed by atoms with Gasteiger partial charge in [-0.3, -0.25) is 4.79 Å². The second kappa shape index (κ2) is 7.86. The van der Waals surface area contributed by atoms with Crippen LogP contribution in [0.4, 0.5) is 0 Å². The van der Waals surface area contributed by atoms with Gasteiger partial charge < -0.3 is 14.8 Å². The van der Waals surface area contributed by atoms with E-state index in [2.05, 4.69) is 5.32 Å². The Hall–Kier alpha value is -2.49. The summed E-state index contributed by atoms with van der Waals surface area (Å²) >= 11 is 0. The minimum Gasteiger partial charge on any atom is -0.497 e. The van der Waals surface area contributed by atoms with Crippen LogP contribution in [0.3, 0.4) is 0 Å². The summed E-state index contributed by atoms with van der Waals surface area (Å²) in [6, 6.07) is 13.5. The lowest BCUT2D eigenvalue weighted by molar-refractivity contribution is -0.127. The molecule has 2 aromatic carbocycles. The molecular formula is C20H25NO3. The van der Waals surface area contributed by atoms with Gasteiger partial charge in [0.15, 0.2) is 6.10 Å². The number of hydrogen-bond acceptors (Lipinski definition) is 3. The first-order valence-corrected chi connectivity index (χ1v) is 8.09. The number of rotatable bonds is 6.